The average Bonchev–Trinajstić information content (AvgIpc) is 2.59. The Kier molecular flexibility index (Phi) is 4.33. The van der Waals surface area contributed by atoms with E-state index in [2.05, 4.69) is 17.4 Å². The van der Waals surface area contributed by atoms with Gasteiger partial charge in [0.05, 0.1) is 0 Å². The Morgan fingerprint density at radius 1 is 1.20 bits per heavy atom. The van der Waals surface area contributed by atoms with E-state index in [-0.39, 0.29) is 6.09 Å². The van der Waals surface area contributed by atoms with Crippen LogP contribution in [-0.2, 0) is 17.6 Å². The van der Waals surface area contributed by atoms with Crippen molar-refractivity contribution in [3.63, 3.8) is 0 Å². The van der Waals surface area contributed by atoms with Gasteiger partial charge in [0.1, 0.15) is 5.60 Å². The molecule has 1 amide bonds. The lowest BCUT2D eigenvalue weighted by Crippen LogP contribution is -2.34. The van der Waals surface area contributed by atoms with Crippen molar-refractivity contribution in [2.75, 3.05) is 25.0 Å². The summed E-state index contributed by atoms with van der Waals surface area (Å²) in [7, 11) is 1.75. The molecule has 1 aliphatic heterocycles. The third-order valence-electron chi connectivity index (χ3n) is 3.39. The van der Waals surface area contributed by atoms with Crippen LogP contribution in [0.25, 0.3) is 0 Å². The first kappa shape index (κ1) is 14.9. The molecule has 1 N–H and O–H groups in total. The van der Waals surface area contributed by atoms with Gasteiger partial charge in [0.25, 0.3) is 0 Å². The van der Waals surface area contributed by atoms with E-state index in [9.17, 15) is 4.79 Å². The van der Waals surface area contributed by atoms with Crippen molar-refractivity contribution >= 4 is 11.8 Å². The molecule has 0 bridgehead atoms. The Hall–Kier alpha value is -1.55. The van der Waals surface area contributed by atoms with E-state index in [0.29, 0.717) is 0 Å². The maximum Gasteiger partial charge on any atom is 0.414 e. The van der Waals surface area contributed by atoms with E-state index in [0.717, 1.165) is 31.6 Å². The van der Waals surface area contributed by atoms with Crippen molar-refractivity contribution in [3.8, 4) is 0 Å². The lowest BCUT2D eigenvalue weighted by molar-refractivity contribution is 0.0589. The van der Waals surface area contributed by atoms with Gasteiger partial charge in [-0.2, -0.15) is 0 Å². The quantitative estimate of drug-likeness (QED) is 0.857. The Bertz CT molecular complexity index is 492. The minimum atomic E-state index is -0.471. The van der Waals surface area contributed by atoms with Gasteiger partial charge in [-0.3, -0.25) is 4.90 Å². The number of anilines is 1. The first-order valence-electron chi connectivity index (χ1n) is 7.16. The summed E-state index contributed by atoms with van der Waals surface area (Å²) >= 11 is 0. The monoisotopic (exact) mass is 276 g/mol. The molecule has 0 aromatic heterocycles. The molecule has 0 atom stereocenters. The van der Waals surface area contributed by atoms with Crippen LogP contribution < -0.4 is 10.2 Å². The highest BCUT2D eigenvalue weighted by atomic mass is 16.6. The molecule has 0 radical (unpaired) electrons. The molecule has 0 saturated carbocycles. The zero-order chi connectivity index (χ0) is 14.8. The predicted octanol–water partition coefficient (Wildman–Crippen LogP) is 2.75. The second-order valence-electron chi connectivity index (χ2n) is 6.24. The van der Waals surface area contributed by atoms with Gasteiger partial charge in [0.2, 0.25) is 0 Å². The summed E-state index contributed by atoms with van der Waals surface area (Å²) < 4.78 is 5.40. The summed E-state index contributed by atoms with van der Waals surface area (Å²) in [5, 5.41) is 3.39. The maximum absolute atomic E-state index is 12.1. The highest BCUT2D eigenvalue weighted by Crippen LogP contribution is 2.22. The number of rotatable bonds is 1. The number of carbonyl (C=O) groups is 1. The van der Waals surface area contributed by atoms with Crippen LogP contribution in [0.1, 0.15) is 31.9 Å². The van der Waals surface area contributed by atoms with Crippen LogP contribution in [0.3, 0.4) is 0 Å². The number of amides is 1. The maximum atomic E-state index is 12.1. The molecule has 4 heteroatoms. The highest BCUT2D eigenvalue weighted by Gasteiger charge is 2.21. The number of nitrogens with one attached hydrogen (secondary N) is 1. The second-order valence-corrected chi connectivity index (χ2v) is 6.24. The van der Waals surface area contributed by atoms with E-state index in [1.165, 1.54) is 11.1 Å². The number of carbonyl (C=O) groups excluding carboxylic acids is 1. The fraction of sp³-hybridized carbons (Fsp3) is 0.562. The molecule has 0 saturated heterocycles. The Labute approximate surface area is 121 Å². The fourth-order valence-electron chi connectivity index (χ4n) is 2.30. The van der Waals surface area contributed by atoms with Crippen LogP contribution in [0.2, 0.25) is 0 Å². The van der Waals surface area contributed by atoms with E-state index >= 15 is 0 Å². The van der Waals surface area contributed by atoms with Crippen LogP contribution in [0.15, 0.2) is 18.2 Å². The van der Waals surface area contributed by atoms with Gasteiger partial charge in [-0.15, -0.1) is 0 Å². The Morgan fingerprint density at radius 2 is 1.85 bits per heavy atom. The highest BCUT2D eigenvalue weighted by molar-refractivity contribution is 5.87. The molecule has 0 fully saturated rings. The van der Waals surface area contributed by atoms with Crippen molar-refractivity contribution < 1.29 is 9.53 Å². The van der Waals surface area contributed by atoms with Gasteiger partial charge in [-0.05, 0) is 70.0 Å². The van der Waals surface area contributed by atoms with E-state index in [1.54, 1.807) is 11.9 Å². The van der Waals surface area contributed by atoms with Gasteiger partial charge in [0.15, 0.2) is 0 Å². The summed E-state index contributed by atoms with van der Waals surface area (Å²) in [4.78, 5) is 13.7. The number of hydrogen-bond donors (Lipinski definition) is 1. The van der Waals surface area contributed by atoms with E-state index in [1.807, 2.05) is 26.8 Å². The van der Waals surface area contributed by atoms with Crippen molar-refractivity contribution in [2.45, 2.75) is 39.2 Å². The number of nitrogens with zero attached hydrogens (tertiary/aromatic N) is 1. The topological polar surface area (TPSA) is 41.6 Å². The minimum absolute atomic E-state index is 0.316. The molecule has 1 aromatic carbocycles. The van der Waals surface area contributed by atoms with Crippen LogP contribution >= 0.6 is 0 Å². The number of ether oxygens (including phenoxy) is 1. The third-order valence-corrected chi connectivity index (χ3v) is 3.39. The van der Waals surface area contributed by atoms with Crippen molar-refractivity contribution in [2.24, 2.45) is 0 Å². The van der Waals surface area contributed by atoms with Crippen molar-refractivity contribution in [3.05, 3.63) is 29.3 Å². The molecule has 1 heterocycles. The summed E-state index contributed by atoms with van der Waals surface area (Å²) in [6.07, 6.45) is 1.74. The van der Waals surface area contributed by atoms with Gasteiger partial charge < -0.3 is 10.1 Å². The van der Waals surface area contributed by atoms with Gasteiger partial charge in [-0.25, -0.2) is 4.79 Å². The lowest BCUT2D eigenvalue weighted by atomic mass is 10.0. The molecule has 0 spiro atoms. The predicted molar refractivity (Wildman–Crippen MR) is 81.4 cm³/mol. The smallest absolute Gasteiger partial charge is 0.414 e. The molecule has 0 aliphatic carbocycles. The van der Waals surface area contributed by atoms with Crippen molar-refractivity contribution in [1.29, 1.82) is 0 Å². The summed E-state index contributed by atoms with van der Waals surface area (Å²) in [6.45, 7) is 7.64. The molecular formula is C16H24N2O2. The molecule has 110 valence electrons. The average molecular weight is 276 g/mol. The summed E-state index contributed by atoms with van der Waals surface area (Å²) in [6, 6.07) is 6.22. The van der Waals surface area contributed by atoms with Crippen LogP contribution in [0.5, 0.6) is 0 Å². The van der Waals surface area contributed by atoms with E-state index in [4.69, 9.17) is 4.74 Å². The molecule has 2 rings (SSSR count). The Balaban J connectivity index is 2.16. The number of benzene rings is 1. The molecular weight excluding hydrogens is 252 g/mol. The largest absolute Gasteiger partial charge is 0.443 e. The van der Waals surface area contributed by atoms with E-state index < -0.39 is 5.60 Å². The van der Waals surface area contributed by atoms with Crippen LogP contribution in [-0.4, -0.2) is 31.8 Å². The zero-order valence-corrected chi connectivity index (χ0v) is 12.8. The zero-order valence-electron chi connectivity index (χ0n) is 12.8. The molecule has 1 aromatic rings. The Morgan fingerprint density at radius 3 is 2.50 bits per heavy atom. The minimum Gasteiger partial charge on any atom is -0.443 e. The number of fused-ring (bicyclic) bond motifs is 1. The number of hydrogen-bond acceptors (Lipinski definition) is 3. The molecule has 1 aliphatic rings. The first-order valence-corrected chi connectivity index (χ1v) is 7.16. The molecule has 0 unspecified atom stereocenters. The van der Waals surface area contributed by atoms with Gasteiger partial charge in [0, 0.05) is 12.7 Å². The normalized spacial score (nSPS) is 15.2. The fourth-order valence-corrected chi connectivity index (χ4v) is 2.30. The first-order chi connectivity index (χ1) is 9.37. The lowest BCUT2D eigenvalue weighted by Gasteiger charge is -2.25. The van der Waals surface area contributed by atoms with Gasteiger partial charge in [-0.1, -0.05) is 6.07 Å². The molecule has 20 heavy (non-hydrogen) atoms. The second kappa shape index (κ2) is 5.83. The summed E-state index contributed by atoms with van der Waals surface area (Å²) in [5.74, 6) is 0. The van der Waals surface area contributed by atoms with Crippen LogP contribution in [0, 0.1) is 0 Å². The summed E-state index contributed by atoms with van der Waals surface area (Å²) in [5.41, 5.74) is 3.11. The van der Waals surface area contributed by atoms with Gasteiger partial charge >= 0.3 is 6.09 Å². The van der Waals surface area contributed by atoms with Crippen LogP contribution in [0.4, 0.5) is 10.5 Å². The van der Waals surface area contributed by atoms with Crippen molar-refractivity contribution in [1.82, 2.24) is 5.32 Å². The third kappa shape index (κ3) is 3.73. The standard InChI is InChI=1S/C16H24N2O2/c1-16(2,3)20-15(19)18(4)14-6-5-12-7-9-17-10-8-13(12)11-14/h5-6,11,17H,7-10H2,1-4H3. The SMILES string of the molecule is CN(C(=O)OC(C)(C)C)c1ccc2c(c1)CCNCC2. The molecule has 4 nitrogen and oxygen atoms in total.